The second kappa shape index (κ2) is 8.64. The molecule has 3 aromatic heterocycles. The zero-order chi connectivity index (χ0) is 20.9. The van der Waals surface area contributed by atoms with Gasteiger partial charge in [-0.3, -0.25) is 9.78 Å². The number of amides is 1. The first-order chi connectivity index (χ1) is 14.6. The highest BCUT2D eigenvalue weighted by Crippen LogP contribution is 2.27. The van der Waals surface area contributed by atoms with Gasteiger partial charge in [0, 0.05) is 49.1 Å². The van der Waals surface area contributed by atoms with Gasteiger partial charge in [-0.05, 0) is 37.1 Å². The normalized spacial score (nSPS) is 10.9. The monoisotopic (exact) mass is 403 g/mol. The third kappa shape index (κ3) is 4.24. The van der Waals surface area contributed by atoms with Crippen LogP contribution in [0.4, 0.5) is 5.69 Å². The van der Waals surface area contributed by atoms with E-state index in [0.717, 1.165) is 28.2 Å². The van der Waals surface area contributed by atoms with Gasteiger partial charge < -0.3 is 14.4 Å². The summed E-state index contributed by atoms with van der Waals surface area (Å²) in [5.74, 6) is 1.69. The maximum Gasteiger partial charge on any atom is 0.226 e. The van der Waals surface area contributed by atoms with Crippen LogP contribution in [0, 0.1) is 6.92 Å². The molecule has 0 spiro atoms. The van der Waals surface area contributed by atoms with E-state index in [1.165, 1.54) is 0 Å². The number of carbonyl (C=O) groups excluding carboxylic acids is 1. The van der Waals surface area contributed by atoms with Crippen LogP contribution in [-0.2, 0) is 18.3 Å². The van der Waals surface area contributed by atoms with Gasteiger partial charge in [-0.25, -0.2) is 0 Å². The predicted octanol–water partition coefficient (Wildman–Crippen LogP) is 3.20. The molecule has 0 aliphatic heterocycles. The third-order valence-corrected chi connectivity index (χ3v) is 4.74. The lowest BCUT2D eigenvalue weighted by Gasteiger charge is -2.12. The molecule has 1 aromatic carbocycles. The number of rotatable bonds is 7. The Morgan fingerprint density at radius 2 is 2.13 bits per heavy atom. The number of hydrogen-bond acceptors (Lipinski definition) is 7. The predicted molar refractivity (Wildman–Crippen MR) is 110 cm³/mol. The van der Waals surface area contributed by atoms with E-state index >= 15 is 0 Å². The number of pyridine rings is 1. The molecule has 1 N–H and O–H groups in total. The summed E-state index contributed by atoms with van der Waals surface area (Å²) in [5, 5.41) is 15.0. The highest BCUT2D eigenvalue weighted by atomic mass is 16.5. The lowest BCUT2D eigenvalue weighted by molar-refractivity contribution is -0.116. The molecular formula is C21H21N7O2. The van der Waals surface area contributed by atoms with Crippen molar-refractivity contribution in [1.29, 1.82) is 0 Å². The van der Waals surface area contributed by atoms with Gasteiger partial charge in [0.2, 0.25) is 17.6 Å². The maximum absolute atomic E-state index is 12.4. The highest BCUT2D eigenvalue weighted by Gasteiger charge is 2.13. The van der Waals surface area contributed by atoms with Gasteiger partial charge in [-0.1, -0.05) is 17.3 Å². The Morgan fingerprint density at radius 3 is 2.90 bits per heavy atom. The van der Waals surface area contributed by atoms with Crippen molar-refractivity contribution < 1.29 is 9.32 Å². The van der Waals surface area contributed by atoms with Crippen LogP contribution < -0.4 is 5.32 Å². The Morgan fingerprint density at radius 1 is 1.23 bits per heavy atom. The average molecular weight is 403 g/mol. The van der Waals surface area contributed by atoms with Crippen LogP contribution in [0.2, 0.25) is 0 Å². The molecule has 4 aromatic rings. The van der Waals surface area contributed by atoms with Crippen molar-refractivity contribution in [3.05, 3.63) is 60.5 Å². The first-order valence-electron chi connectivity index (χ1n) is 9.58. The molecule has 0 saturated heterocycles. The number of aromatic nitrogens is 6. The minimum atomic E-state index is -0.0692. The summed E-state index contributed by atoms with van der Waals surface area (Å²) >= 11 is 0. The van der Waals surface area contributed by atoms with Crippen LogP contribution in [0.5, 0.6) is 0 Å². The molecule has 9 heteroatoms. The number of nitrogens with zero attached hydrogens (tertiary/aromatic N) is 6. The van der Waals surface area contributed by atoms with Crippen molar-refractivity contribution in [3.8, 4) is 22.8 Å². The lowest BCUT2D eigenvalue weighted by Crippen LogP contribution is -2.13. The van der Waals surface area contributed by atoms with Crippen LogP contribution in [0.25, 0.3) is 22.8 Å². The number of carbonyl (C=O) groups is 1. The molecule has 0 saturated carbocycles. The second-order valence-corrected chi connectivity index (χ2v) is 6.90. The first kappa shape index (κ1) is 19.4. The summed E-state index contributed by atoms with van der Waals surface area (Å²) in [5.41, 5.74) is 3.43. The van der Waals surface area contributed by atoms with E-state index in [9.17, 15) is 4.79 Å². The largest absolute Gasteiger partial charge is 0.339 e. The van der Waals surface area contributed by atoms with Crippen molar-refractivity contribution in [1.82, 2.24) is 29.9 Å². The fourth-order valence-electron chi connectivity index (χ4n) is 3.12. The standard InChI is InChI=1S/C21H21N7O2/c1-14-16(21-26-23-13-28(21)2)7-3-8-17(14)24-18(29)9-4-10-19-25-20(27-30-19)15-6-5-11-22-12-15/h3,5-8,11-13H,4,9-10H2,1-2H3,(H,24,29). The van der Waals surface area contributed by atoms with E-state index in [0.29, 0.717) is 31.0 Å². The van der Waals surface area contributed by atoms with Gasteiger partial charge >= 0.3 is 0 Å². The van der Waals surface area contributed by atoms with Crippen LogP contribution in [0.3, 0.4) is 0 Å². The summed E-state index contributed by atoms with van der Waals surface area (Å²) < 4.78 is 7.12. The zero-order valence-corrected chi connectivity index (χ0v) is 16.7. The number of anilines is 1. The Bertz CT molecular complexity index is 1150. The molecule has 3 heterocycles. The second-order valence-electron chi connectivity index (χ2n) is 6.90. The fourth-order valence-corrected chi connectivity index (χ4v) is 3.12. The molecular weight excluding hydrogens is 382 g/mol. The van der Waals surface area contributed by atoms with Crippen LogP contribution in [0.1, 0.15) is 24.3 Å². The number of hydrogen-bond donors (Lipinski definition) is 1. The number of nitrogens with one attached hydrogen (secondary N) is 1. The smallest absolute Gasteiger partial charge is 0.226 e. The summed E-state index contributed by atoms with van der Waals surface area (Å²) in [6, 6.07) is 9.42. The van der Waals surface area contributed by atoms with Gasteiger partial charge in [0.15, 0.2) is 5.82 Å². The van der Waals surface area contributed by atoms with Gasteiger partial charge in [-0.15, -0.1) is 10.2 Å². The van der Waals surface area contributed by atoms with E-state index in [-0.39, 0.29) is 5.91 Å². The van der Waals surface area contributed by atoms with E-state index in [1.54, 1.807) is 18.7 Å². The molecule has 0 atom stereocenters. The van der Waals surface area contributed by atoms with E-state index in [4.69, 9.17) is 4.52 Å². The van der Waals surface area contributed by atoms with Crippen molar-refractivity contribution in [2.24, 2.45) is 7.05 Å². The van der Waals surface area contributed by atoms with E-state index < -0.39 is 0 Å². The Hall–Kier alpha value is -3.88. The molecule has 4 rings (SSSR count). The SMILES string of the molecule is Cc1c(NC(=O)CCCc2nc(-c3cccnc3)no2)cccc1-c1nncn1C. The molecule has 0 unspecified atom stereocenters. The van der Waals surface area contributed by atoms with Gasteiger partial charge in [0.1, 0.15) is 6.33 Å². The number of aryl methyl sites for hydroxylation is 2. The van der Waals surface area contributed by atoms with Crippen LogP contribution >= 0.6 is 0 Å². The van der Waals surface area contributed by atoms with Crippen LogP contribution in [0.15, 0.2) is 53.6 Å². The van der Waals surface area contributed by atoms with Crippen LogP contribution in [-0.4, -0.2) is 35.8 Å². The fraction of sp³-hybridized carbons (Fsp3) is 0.238. The Labute approximate surface area is 173 Å². The average Bonchev–Trinajstić information content (AvgIpc) is 3.39. The topological polar surface area (TPSA) is 112 Å². The first-order valence-corrected chi connectivity index (χ1v) is 9.58. The zero-order valence-electron chi connectivity index (χ0n) is 16.7. The Kier molecular flexibility index (Phi) is 5.60. The molecule has 30 heavy (non-hydrogen) atoms. The minimum absolute atomic E-state index is 0.0692. The minimum Gasteiger partial charge on any atom is -0.339 e. The summed E-state index contributed by atoms with van der Waals surface area (Å²) in [4.78, 5) is 20.8. The van der Waals surface area contributed by atoms with E-state index in [1.807, 2.05) is 48.9 Å². The van der Waals surface area contributed by atoms with Gasteiger partial charge in [-0.2, -0.15) is 4.98 Å². The summed E-state index contributed by atoms with van der Waals surface area (Å²) in [6.45, 7) is 1.96. The van der Waals surface area contributed by atoms with E-state index in [2.05, 4.69) is 30.6 Å². The van der Waals surface area contributed by atoms with Crippen molar-refractivity contribution >= 4 is 11.6 Å². The van der Waals surface area contributed by atoms with Crippen molar-refractivity contribution in [3.63, 3.8) is 0 Å². The van der Waals surface area contributed by atoms with Crippen molar-refractivity contribution in [2.45, 2.75) is 26.2 Å². The molecule has 0 bridgehead atoms. The molecule has 0 radical (unpaired) electrons. The molecule has 0 aliphatic rings. The molecule has 152 valence electrons. The molecule has 0 aliphatic carbocycles. The molecule has 1 amide bonds. The van der Waals surface area contributed by atoms with Crippen molar-refractivity contribution in [2.75, 3.05) is 5.32 Å². The Balaban J connectivity index is 1.34. The number of benzene rings is 1. The summed E-state index contributed by atoms with van der Waals surface area (Å²) in [6.07, 6.45) is 6.49. The highest BCUT2D eigenvalue weighted by molar-refractivity contribution is 5.92. The lowest BCUT2D eigenvalue weighted by atomic mass is 10.1. The summed E-state index contributed by atoms with van der Waals surface area (Å²) in [7, 11) is 1.89. The van der Waals surface area contributed by atoms with Gasteiger partial charge in [0.05, 0.1) is 0 Å². The molecule has 9 nitrogen and oxygen atoms in total. The maximum atomic E-state index is 12.4. The van der Waals surface area contributed by atoms with Gasteiger partial charge in [0.25, 0.3) is 0 Å². The quantitative estimate of drug-likeness (QED) is 0.504. The molecule has 0 fully saturated rings. The third-order valence-electron chi connectivity index (χ3n) is 4.74.